The summed E-state index contributed by atoms with van der Waals surface area (Å²) in [6.45, 7) is 3.64. The Labute approximate surface area is 203 Å². The molecule has 1 heterocycles. The van der Waals surface area contributed by atoms with Crippen LogP contribution in [0.4, 0.5) is 5.82 Å². The van der Waals surface area contributed by atoms with E-state index in [1.54, 1.807) is 57.3 Å². The van der Waals surface area contributed by atoms with E-state index in [4.69, 9.17) is 9.47 Å². The number of imidazole rings is 1. The largest absolute Gasteiger partial charge is 0.465 e. The predicted molar refractivity (Wildman–Crippen MR) is 130 cm³/mol. The van der Waals surface area contributed by atoms with E-state index in [2.05, 4.69) is 4.98 Å². The molecule has 9 heteroatoms. The van der Waals surface area contributed by atoms with Gasteiger partial charge in [0.2, 0.25) is 5.82 Å². The molecule has 0 radical (unpaired) electrons. The van der Waals surface area contributed by atoms with Crippen molar-refractivity contribution in [2.45, 2.75) is 25.7 Å². The van der Waals surface area contributed by atoms with E-state index in [1.165, 1.54) is 10.8 Å². The van der Waals surface area contributed by atoms with Gasteiger partial charge in [0, 0.05) is 12.5 Å². The number of esters is 2. The number of hydrogen-bond acceptors (Lipinski definition) is 7. The standard InChI is InChI=1S/C26H27N3O6/c1-4-34-24(30)26(25(31)35-5-2,21-9-7-6-8-10-21)17-20-13-11-19(12-14-20)15-16-22-27-18-23(28(22)3)29(32)33/h6-16,18H,4-5,17H2,1-3H3/b16-15+. The molecule has 0 aliphatic heterocycles. The molecule has 0 aliphatic carbocycles. The lowest BCUT2D eigenvalue weighted by Crippen LogP contribution is -2.48. The van der Waals surface area contributed by atoms with Crippen LogP contribution in [0.2, 0.25) is 0 Å². The van der Waals surface area contributed by atoms with Gasteiger partial charge in [-0.3, -0.25) is 9.59 Å². The minimum absolute atomic E-state index is 0.0598. The van der Waals surface area contributed by atoms with Crippen molar-refractivity contribution in [1.29, 1.82) is 0 Å². The van der Waals surface area contributed by atoms with Crippen LogP contribution < -0.4 is 0 Å². The second-order valence-electron chi connectivity index (χ2n) is 7.75. The maximum atomic E-state index is 13.2. The highest BCUT2D eigenvalue weighted by Crippen LogP contribution is 2.32. The quantitative estimate of drug-likeness (QED) is 0.187. The molecule has 0 spiro atoms. The van der Waals surface area contributed by atoms with Crippen LogP contribution in [0.15, 0.2) is 60.8 Å². The molecule has 3 aromatic rings. The van der Waals surface area contributed by atoms with E-state index in [9.17, 15) is 19.7 Å². The third-order valence-corrected chi connectivity index (χ3v) is 5.57. The van der Waals surface area contributed by atoms with Crippen molar-refractivity contribution in [3.63, 3.8) is 0 Å². The molecule has 3 rings (SSSR count). The van der Waals surface area contributed by atoms with Gasteiger partial charge in [0.1, 0.15) is 6.20 Å². The van der Waals surface area contributed by atoms with Gasteiger partial charge in [0.25, 0.3) is 0 Å². The zero-order valence-corrected chi connectivity index (χ0v) is 19.8. The lowest BCUT2D eigenvalue weighted by molar-refractivity contribution is -0.391. The third kappa shape index (κ3) is 5.46. The van der Waals surface area contributed by atoms with Gasteiger partial charge in [-0.15, -0.1) is 0 Å². The summed E-state index contributed by atoms with van der Waals surface area (Å²) in [6.07, 6.45) is 4.71. The first-order valence-electron chi connectivity index (χ1n) is 11.2. The summed E-state index contributed by atoms with van der Waals surface area (Å²) in [6, 6.07) is 16.1. The summed E-state index contributed by atoms with van der Waals surface area (Å²) in [4.78, 5) is 41.0. The summed E-state index contributed by atoms with van der Waals surface area (Å²) in [7, 11) is 1.57. The molecule has 0 N–H and O–H groups in total. The van der Waals surface area contributed by atoms with E-state index in [1.807, 2.05) is 30.3 Å². The van der Waals surface area contributed by atoms with Crippen LogP contribution in [0.25, 0.3) is 12.2 Å². The zero-order chi connectivity index (χ0) is 25.4. The van der Waals surface area contributed by atoms with Crippen LogP contribution >= 0.6 is 0 Å². The van der Waals surface area contributed by atoms with Gasteiger partial charge in [-0.2, -0.15) is 0 Å². The summed E-state index contributed by atoms with van der Waals surface area (Å²) in [5, 5.41) is 11.0. The van der Waals surface area contributed by atoms with Crippen molar-refractivity contribution >= 4 is 29.9 Å². The summed E-state index contributed by atoms with van der Waals surface area (Å²) in [5.41, 5.74) is 0.408. The van der Waals surface area contributed by atoms with E-state index in [0.29, 0.717) is 11.4 Å². The highest BCUT2D eigenvalue weighted by molar-refractivity contribution is 6.06. The second-order valence-corrected chi connectivity index (χ2v) is 7.75. The highest BCUT2D eigenvalue weighted by atomic mass is 16.6. The number of nitro groups is 1. The number of hydrogen-bond donors (Lipinski definition) is 0. The fraction of sp³-hybridized carbons (Fsp3) is 0.269. The van der Waals surface area contributed by atoms with Crippen molar-refractivity contribution in [2.75, 3.05) is 13.2 Å². The van der Waals surface area contributed by atoms with Crippen LogP contribution in [0, 0.1) is 10.1 Å². The SMILES string of the molecule is CCOC(=O)C(Cc1ccc(/C=C/c2ncc([N+](=O)[O-])n2C)cc1)(C(=O)OCC)c1ccccc1. The van der Waals surface area contributed by atoms with E-state index >= 15 is 0 Å². The summed E-state index contributed by atoms with van der Waals surface area (Å²) in [5.74, 6) is -0.987. The van der Waals surface area contributed by atoms with Gasteiger partial charge in [-0.05, 0) is 41.5 Å². The fourth-order valence-corrected chi connectivity index (χ4v) is 3.76. The monoisotopic (exact) mass is 477 g/mol. The number of carbonyl (C=O) groups is 2. The Hall–Kier alpha value is -4.27. The smallest absolute Gasteiger partial charge is 0.342 e. The number of aromatic nitrogens is 2. The molecule has 0 atom stereocenters. The molecule has 1 aromatic heterocycles. The molecule has 0 fully saturated rings. The lowest BCUT2D eigenvalue weighted by atomic mass is 9.75. The maximum Gasteiger partial charge on any atom is 0.342 e. The van der Waals surface area contributed by atoms with Crippen molar-refractivity contribution in [3.05, 3.63) is 93.4 Å². The minimum Gasteiger partial charge on any atom is -0.465 e. The van der Waals surface area contributed by atoms with Crippen LogP contribution in [-0.4, -0.2) is 39.6 Å². The molecule has 0 unspecified atom stereocenters. The number of ether oxygens (including phenoxy) is 2. The van der Waals surface area contributed by atoms with Crippen molar-refractivity contribution < 1.29 is 24.0 Å². The predicted octanol–water partition coefficient (Wildman–Crippen LogP) is 4.11. The van der Waals surface area contributed by atoms with Crippen molar-refractivity contribution in [2.24, 2.45) is 7.05 Å². The van der Waals surface area contributed by atoms with Gasteiger partial charge in [0.05, 0.1) is 20.3 Å². The van der Waals surface area contributed by atoms with Crippen LogP contribution in [-0.2, 0) is 37.9 Å². The Morgan fingerprint density at radius 3 is 2.11 bits per heavy atom. The van der Waals surface area contributed by atoms with Crippen molar-refractivity contribution in [1.82, 2.24) is 9.55 Å². The van der Waals surface area contributed by atoms with Gasteiger partial charge in [-0.25, -0.2) is 9.55 Å². The number of carbonyl (C=O) groups excluding carboxylic acids is 2. The fourth-order valence-electron chi connectivity index (χ4n) is 3.76. The molecule has 0 saturated heterocycles. The van der Waals surface area contributed by atoms with Crippen molar-refractivity contribution in [3.8, 4) is 0 Å². The molecule has 0 bridgehead atoms. The number of benzene rings is 2. The third-order valence-electron chi connectivity index (χ3n) is 5.57. The molecular weight excluding hydrogens is 450 g/mol. The van der Waals surface area contributed by atoms with Crippen LogP contribution in [0.5, 0.6) is 0 Å². The molecule has 9 nitrogen and oxygen atoms in total. The average molecular weight is 478 g/mol. The first kappa shape index (κ1) is 25.4. The summed E-state index contributed by atoms with van der Waals surface area (Å²) >= 11 is 0. The Kier molecular flexibility index (Phi) is 8.14. The maximum absolute atomic E-state index is 13.2. The molecule has 0 aliphatic rings. The van der Waals surface area contributed by atoms with Crippen LogP contribution in [0.3, 0.4) is 0 Å². The minimum atomic E-state index is -1.64. The summed E-state index contributed by atoms with van der Waals surface area (Å²) < 4.78 is 12.1. The zero-order valence-electron chi connectivity index (χ0n) is 19.8. The van der Waals surface area contributed by atoms with E-state index < -0.39 is 22.3 Å². The Morgan fingerprint density at radius 1 is 1.00 bits per heavy atom. The molecule has 35 heavy (non-hydrogen) atoms. The van der Waals surface area contributed by atoms with Gasteiger partial charge < -0.3 is 19.6 Å². The van der Waals surface area contributed by atoms with E-state index in [0.717, 1.165) is 11.1 Å². The average Bonchev–Trinajstić information content (AvgIpc) is 3.23. The first-order valence-corrected chi connectivity index (χ1v) is 11.2. The Bertz CT molecular complexity index is 1200. The normalized spacial score (nSPS) is 11.4. The molecule has 2 aromatic carbocycles. The number of nitrogens with zero attached hydrogens (tertiary/aromatic N) is 3. The van der Waals surface area contributed by atoms with Crippen LogP contribution in [0.1, 0.15) is 36.4 Å². The molecule has 182 valence electrons. The molecule has 0 saturated carbocycles. The van der Waals surface area contributed by atoms with E-state index in [-0.39, 0.29) is 25.5 Å². The van der Waals surface area contributed by atoms with Gasteiger partial charge in [0.15, 0.2) is 5.41 Å². The van der Waals surface area contributed by atoms with Gasteiger partial charge in [-0.1, -0.05) is 54.6 Å². The topological polar surface area (TPSA) is 114 Å². The highest BCUT2D eigenvalue weighted by Gasteiger charge is 2.50. The molecular formula is C26H27N3O6. The Morgan fingerprint density at radius 2 is 1.60 bits per heavy atom. The van der Waals surface area contributed by atoms with Gasteiger partial charge >= 0.3 is 17.8 Å². The second kappa shape index (κ2) is 11.2. The number of rotatable bonds is 10. The first-order chi connectivity index (χ1) is 16.8. The Balaban J connectivity index is 1.93. The molecule has 0 amide bonds. The lowest BCUT2D eigenvalue weighted by Gasteiger charge is -2.30.